The molecule has 0 saturated carbocycles. The molecule has 2 aromatic carbocycles. The highest BCUT2D eigenvalue weighted by atomic mass is 35.5. The zero-order valence-corrected chi connectivity index (χ0v) is 20.3. The fourth-order valence-electron chi connectivity index (χ4n) is 3.24. The van der Waals surface area contributed by atoms with Gasteiger partial charge in [-0.1, -0.05) is 34.8 Å². The topological polar surface area (TPSA) is 81.9 Å². The lowest BCUT2D eigenvalue weighted by molar-refractivity contribution is -0.152. The van der Waals surface area contributed by atoms with Gasteiger partial charge in [0.2, 0.25) is 0 Å². The Morgan fingerprint density at radius 2 is 1.73 bits per heavy atom. The lowest BCUT2D eigenvalue weighted by Gasteiger charge is -2.19. The maximum Gasteiger partial charge on any atom is 0.325 e. The monoisotopic (exact) mass is 503 g/mol. The molecule has 0 bridgehead atoms. The molecule has 0 amide bonds. The molecular weight excluding hydrogens is 485 g/mol. The molecule has 0 aliphatic heterocycles. The lowest BCUT2D eigenvalue weighted by atomic mass is 10.2. The predicted molar refractivity (Wildman–Crippen MR) is 131 cm³/mol. The Labute approximate surface area is 205 Å². The number of fused-ring (bicyclic) bond motifs is 1. The fraction of sp³-hybridized carbons (Fsp3) is 0.217. The van der Waals surface area contributed by atoms with Gasteiger partial charge in [0.1, 0.15) is 24.3 Å². The number of benzene rings is 2. The first kappa shape index (κ1) is 23.3. The van der Waals surface area contributed by atoms with Crippen LogP contribution in [0.5, 0.6) is 0 Å². The van der Waals surface area contributed by atoms with Crippen LogP contribution in [-0.2, 0) is 9.53 Å². The van der Waals surface area contributed by atoms with Crippen LogP contribution in [0.3, 0.4) is 0 Å². The molecule has 4 rings (SSSR count). The van der Waals surface area contributed by atoms with E-state index in [0.717, 1.165) is 5.69 Å². The first-order valence-electron chi connectivity index (χ1n) is 10.0. The summed E-state index contributed by atoms with van der Waals surface area (Å²) >= 11 is 18.7. The van der Waals surface area contributed by atoms with E-state index in [1.807, 2.05) is 37.5 Å². The second-order valence-electron chi connectivity index (χ2n) is 8.21. The summed E-state index contributed by atoms with van der Waals surface area (Å²) in [5, 5.41) is 4.56. The van der Waals surface area contributed by atoms with Crippen molar-refractivity contribution < 1.29 is 9.53 Å². The third-order valence-electron chi connectivity index (χ3n) is 4.52. The third kappa shape index (κ3) is 5.21. The number of hydrogen-bond donors (Lipinski definition) is 1. The van der Waals surface area contributed by atoms with Gasteiger partial charge < -0.3 is 10.1 Å². The summed E-state index contributed by atoms with van der Waals surface area (Å²) in [5.41, 5.74) is 1.85. The minimum absolute atomic E-state index is 0.0752. The van der Waals surface area contributed by atoms with Crippen molar-refractivity contribution in [3.05, 3.63) is 63.9 Å². The molecule has 170 valence electrons. The second kappa shape index (κ2) is 9.17. The van der Waals surface area contributed by atoms with Crippen molar-refractivity contribution in [2.24, 2.45) is 0 Å². The van der Waals surface area contributed by atoms with E-state index < -0.39 is 11.6 Å². The van der Waals surface area contributed by atoms with Crippen molar-refractivity contribution in [2.75, 3.05) is 11.9 Å². The van der Waals surface area contributed by atoms with Crippen molar-refractivity contribution in [1.29, 1.82) is 0 Å². The molecular formula is C23H20Cl3N5O2. The molecule has 7 nitrogen and oxygen atoms in total. The molecule has 4 aromatic rings. The normalized spacial score (nSPS) is 11.6. The standard InChI is InChI=1S/C23H20Cl3N5O2/c1-23(2,3)33-18(32)11-27-20-19-22(29-12-28-20)31(15-7-4-13(24)5-8-15)21(30-19)16-9-6-14(25)10-17(16)26/h4-10,12H,11H2,1-3H3,(H,27,28,29). The molecule has 33 heavy (non-hydrogen) atoms. The van der Waals surface area contributed by atoms with E-state index in [9.17, 15) is 4.79 Å². The van der Waals surface area contributed by atoms with Gasteiger partial charge in [0.05, 0.1) is 5.02 Å². The van der Waals surface area contributed by atoms with Crippen molar-refractivity contribution in [3.63, 3.8) is 0 Å². The summed E-state index contributed by atoms with van der Waals surface area (Å²) in [6, 6.07) is 12.4. The number of imidazole rings is 1. The molecule has 0 fully saturated rings. The van der Waals surface area contributed by atoms with Crippen LogP contribution in [0.4, 0.5) is 5.82 Å². The van der Waals surface area contributed by atoms with E-state index in [4.69, 9.17) is 44.5 Å². The van der Waals surface area contributed by atoms with Crippen LogP contribution >= 0.6 is 34.8 Å². The van der Waals surface area contributed by atoms with Crippen LogP contribution in [0, 0.1) is 0 Å². The fourth-order valence-corrected chi connectivity index (χ4v) is 3.86. The van der Waals surface area contributed by atoms with Crippen LogP contribution in [0.15, 0.2) is 48.8 Å². The number of anilines is 1. The third-order valence-corrected chi connectivity index (χ3v) is 5.32. The van der Waals surface area contributed by atoms with Crippen LogP contribution in [0.25, 0.3) is 28.2 Å². The Bertz CT molecular complexity index is 1330. The number of ether oxygens (including phenoxy) is 1. The van der Waals surface area contributed by atoms with E-state index in [1.165, 1.54) is 6.33 Å². The summed E-state index contributed by atoms with van der Waals surface area (Å²) in [6.45, 7) is 5.35. The molecule has 2 aromatic heterocycles. The quantitative estimate of drug-likeness (QED) is 0.326. The van der Waals surface area contributed by atoms with E-state index in [-0.39, 0.29) is 6.54 Å². The minimum Gasteiger partial charge on any atom is -0.459 e. The van der Waals surface area contributed by atoms with E-state index in [1.54, 1.807) is 30.3 Å². The molecule has 0 saturated heterocycles. The number of nitrogens with zero attached hydrogens (tertiary/aromatic N) is 4. The predicted octanol–water partition coefficient (Wildman–Crippen LogP) is 6.20. The highest BCUT2D eigenvalue weighted by molar-refractivity contribution is 6.36. The van der Waals surface area contributed by atoms with Gasteiger partial charge in [-0.25, -0.2) is 15.0 Å². The first-order chi connectivity index (χ1) is 15.6. The summed E-state index contributed by atoms with van der Waals surface area (Å²) < 4.78 is 7.21. The number of rotatable bonds is 5. The number of halogens is 3. The average molecular weight is 505 g/mol. The summed E-state index contributed by atoms with van der Waals surface area (Å²) in [4.78, 5) is 25.7. The Balaban J connectivity index is 1.84. The molecule has 1 N–H and O–H groups in total. The maximum absolute atomic E-state index is 12.2. The molecule has 0 unspecified atom stereocenters. The minimum atomic E-state index is -0.589. The summed E-state index contributed by atoms with van der Waals surface area (Å²) in [5.74, 6) is 0.520. The summed E-state index contributed by atoms with van der Waals surface area (Å²) in [6.07, 6.45) is 1.40. The van der Waals surface area contributed by atoms with Gasteiger partial charge in [-0.15, -0.1) is 0 Å². The molecule has 10 heteroatoms. The van der Waals surface area contributed by atoms with Gasteiger partial charge in [0, 0.05) is 21.3 Å². The van der Waals surface area contributed by atoms with Crippen LogP contribution in [0.1, 0.15) is 20.8 Å². The Kier molecular flexibility index (Phi) is 6.47. The summed E-state index contributed by atoms with van der Waals surface area (Å²) in [7, 11) is 0. The van der Waals surface area contributed by atoms with Crippen molar-refractivity contribution >= 4 is 57.8 Å². The highest BCUT2D eigenvalue weighted by Crippen LogP contribution is 2.35. The number of hydrogen-bond acceptors (Lipinski definition) is 6. The van der Waals surface area contributed by atoms with E-state index >= 15 is 0 Å². The number of carbonyl (C=O) groups excluding carboxylic acids is 1. The average Bonchev–Trinajstić information content (AvgIpc) is 3.11. The van der Waals surface area contributed by atoms with E-state index in [0.29, 0.717) is 43.4 Å². The van der Waals surface area contributed by atoms with Gasteiger partial charge in [0.15, 0.2) is 17.0 Å². The zero-order valence-electron chi connectivity index (χ0n) is 18.1. The number of esters is 1. The second-order valence-corrected chi connectivity index (χ2v) is 9.49. The van der Waals surface area contributed by atoms with Crippen LogP contribution in [-0.4, -0.2) is 37.6 Å². The number of carbonyl (C=O) groups is 1. The Morgan fingerprint density at radius 3 is 2.39 bits per heavy atom. The number of aromatic nitrogens is 4. The Hall–Kier alpha value is -2.87. The molecule has 2 heterocycles. The molecule has 0 atom stereocenters. The maximum atomic E-state index is 12.2. The highest BCUT2D eigenvalue weighted by Gasteiger charge is 2.22. The smallest absolute Gasteiger partial charge is 0.325 e. The molecule has 0 radical (unpaired) electrons. The first-order valence-corrected chi connectivity index (χ1v) is 11.2. The van der Waals surface area contributed by atoms with Gasteiger partial charge in [-0.3, -0.25) is 9.36 Å². The Morgan fingerprint density at radius 1 is 1.03 bits per heavy atom. The van der Waals surface area contributed by atoms with Crippen LogP contribution in [0.2, 0.25) is 15.1 Å². The molecule has 0 aliphatic rings. The molecule has 0 spiro atoms. The number of nitrogens with one attached hydrogen (secondary N) is 1. The lowest BCUT2D eigenvalue weighted by Crippen LogP contribution is -2.28. The van der Waals surface area contributed by atoms with Crippen LogP contribution < -0.4 is 5.32 Å². The van der Waals surface area contributed by atoms with Gasteiger partial charge in [0.25, 0.3) is 0 Å². The van der Waals surface area contributed by atoms with E-state index in [2.05, 4.69) is 15.3 Å². The van der Waals surface area contributed by atoms with Gasteiger partial charge in [-0.2, -0.15) is 0 Å². The van der Waals surface area contributed by atoms with Crippen molar-refractivity contribution in [2.45, 2.75) is 26.4 Å². The molecule has 0 aliphatic carbocycles. The SMILES string of the molecule is CC(C)(C)OC(=O)CNc1ncnc2c1nc(-c1ccc(Cl)cc1Cl)n2-c1ccc(Cl)cc1. The largest absolute Gasteiger partial charge is 0.459 e. The van der Waals surface area contributed by atoms with Crippen molar-refractivity contribution in [1.82, 2.24) is 19.5 Å². The van der Waals surface area contributed by atoms with Gasteiger partial charge >= 0.3 is 5.97 Å². The van der Waals surface area contributed by atoms with Crippen molar-refractivity contribution in [3.8, 4) is 17.1 Å². The van der Waals surface area contributed by atoms with Gasteiger partial charge in [-0.05, 0) is 63.2 Å². The zero-order chi connectivity index (χ0) is 23.8.